The quantitative estimate of drug-likeness (QED) is 0.848. The second-order valence-corrected chi connectivity index (χ2v) is 4.53. The number of aliphatic hydroxyl groups is 1. The number of halogens is 1. The Hall–Kier alpha value is -0.510. The normalized spacial score (nSPS) is 14.2. The van der Waals surface area contributed by atoms with E-state index >= 15 is 0 Å². The lowest BCUT2D eigenvalue weighted by atomic mass is 9.99. The fourth-order valence-electron chi connectivity index (χ4n) is 1.24. The maximum atomic E-state index is 9.78. The van der Waals surface area contributed by atoms with Gasteiger partial charge in [-0.25, -0.2) is 0 Å². The fourth-order valence-corrected chi connectivity index (χ4v) is 1.39. The van der Waals surface area contributed by atoms with Crippen LogP contribution in [0.1, 0.15) is 38.6 Å². The van der Waals surface area contributed by atoms with Crippen molar-refractivity contribution in [1.82, 2.24) is 0 Å². The van der Waals surface area contributed by atoms with Crippen LogP contribution in [-0.4, -0.2) is 17.8 Å². The van der Waals surface area contributed by atoms with Gasteiger partial charge in [-0.3, -0.25) is 0 Å². The van der Waals surface area contributed by atoms with Crippen LogP contribution in [0.3, 0.4) is 0 Å². The summed E-state index contributed by atoms with van der Waals surface area (Å²) in [6, 6.07) is 3.31. The Labute approximate surface area is 95.0 Å². The van der Waals surface area contributed by atoms with Crippen LogP contribution in [0.2, 0.25) is 5.22 Å². The molecular weight excluding hydrogens is 216 g/mol. The molecule has 0 saturated carbocycles. The first kappa shape index (κ1) is 12.6. The van der Waals surface area contributed by atoms with Gasteiger partial charge in [0.05, 0.1) is 5.60 Å². The second kappa shape index (κ2) is 5.01. The van der Waals surface area contributed by atoms with Crippen molar-refractivity contribution in [3.05, 3.63) is 23.1 Å². The molecule has 4 heteroatoms. The first-order valence-corrected chi connectivity index (χ1v) is 5.31. The molecule has 15 heavy (non-hydrogen) atoms. The largest absolute Gasteiger partial charge is 0.447 e. The molecule has 3 nitrogen and oxygen atoms in total. The maximum Gasteiger partial charge on any atom is 0.193 e. The third-order valence-electron chi connectivity index (χ3n) is 2.49. The predicted octanol–water partition coefficient (Wildman–Crippen LogP) is 3.17. The Morgan fingerprint density at radius 2 is 2.20 bits per heavy atom. The molecule has 1 atom stereocenters. The van der Waals surface area contributed by atoms with Gasteiger partial charge in [0.1, 0.15) is 11.9 Å². The summed E-state index contributed by atoms with van der Waals surface area (Å²) in [6.45, 7) is 3.96. The molecule has 86 valence electrons. The Morgan fingerprint density at radius 1 is 1.53 bits per heavy atom. The first-order chi connectivity index (χ1) is 6.94. The monoisotopic (exact) mass is 232 g/mol. The maximum absolute atomic E-state index is 9.78. The third kappa shape index (κ3) is 3.86. The Kier molecular flexibility index (Phi) is 4.20. The van der Waals surface area contributed by atoms with E-state index in [0.717, 1.165) is 6.42 Å². The predicted molar refractivity (Wildman–Crippen MR) is 59.0 cm³/mol. The van der Waals surface area contributed by atoms with Crippen LogP contribution in [0.4, 0.5) is 0 Å². The van der Waals surface area contributed by atoms with Gasteiger partial charge in [0, 0.05) is 7.11 Å². The van der Waals surface area contributed by atoms with Crippen LogP contribution < -0.4 is 0 Å². The summed E-state index contributed by atoms with van der Waals surface area (Å²) < 4.78 is 10.4. The minimum Gasteiger partial charge on any atom is -0.447 e. The van der Waals surface area contributed by atoms with Gasteiger partial charge in [-0.2, -0.15) is 0 Å². The number of hydrogen-bond acceptors (Lipinski definition) is 3. The molecule has 1 aromatic rings. The van der Waals surface area contributed by atoms with Gasteiger partial charge in [-0.05, 0) is 50.4 Å². The molecule has 0 aliphatic rings. The minimum absolute atomic E-state index is 0.225. The molecule has 1 N–H and O–H groups in total. The molecule has 0 bridgehead atoms. The smallest absolute Gasteiger partial charge is 0.193 e. The highest BCUT2D eigenvalue weighted by Gasteiger charge is 2.20. The summed E-state index contributed by atoms with van der Waals surface area (Å²) in [5, 5.41) is 10.1. The van der Waals surface area contributed by atoms with Crippen molar-refractivity contribution < 1.29 is 14.3 Å². The molecule has 1 heterocycles. The number of rotatable bonds is 5. The topological polar surface area (TPSA) is 42.6 Å². The lowest BCUT2D eigenvalue weighted by molar-refractivity contribution is 0.000794. The van der Waals surface area contributed by atoms with E-state index in [1.54, 1.807) is 19.2 Å². The molecular formula is C11H17ClO3. The highest BCUT2D eigenvalue weighted by molar-refractivity contribution is 6.28. The summed E-state index contributed by atoms with van der Waals surface area (Å²) >= 11 is 5.62. The minimum atomic E-state index is -0.619. The zero-order valence-electron chi connectivity index (χ0n) is 9.29. The van der Waals surface area contributed by atoms with Crippen molar-refractivity contribution in [2.45, 2.75) is 38.4 Å². The van der Waals surface area contributed by atoms with Crippen LogP contribution in [0, 0.1) is 0 Å². The first-order valence-electron chi connectivity index (χ1n) is 4.93. The SMILES string of the molecule is COC(C)(C)CCC(O)c1ccc(Cl)o1. The van der Waals surface area contributed by atoms with Gasteiger partial charge in [0.15, 0.2) is 5.22 Å². The molecule has 1 aromatic heterocycles. The van der Waals surface area contributed by atoms with E-state index < -0.39 is 6.10 Å². The van der Waals surface area contributed by atoms with E-state index in [2.05, 4.69) is 0 Å². The fraction of sp³-hybridized carbons (Fsp3) is 0.636. The van der Waals surface area contributed by atoms with Crippen LogP contribution >= 0.6 is 11.6 Å². The number of hydrogen-bond donors (Lipinski definition) is 1. The van der Waals surface area contributed by atoms with E-state index in [1.165, 1.54) is 0 Å². The van der Waals surface area contributed by atoms with Crippen molar-refractivity contribution in [1.29, 1.82) is 0 Å². The zero-order valence-corrected chi connectivity index (χ0v) is 10.0. The second-order valence-electron chi connectivity index (χ2n) is 4.16. The molecule has 0 aliphatic heterocycles. The summed E-state index contributed by atoms with van der Waals surface area (Å²) in [4.78, 5) is 0. The molecule has 0 aromatic carbocycles. The third-order valence-corrected chi connectivity index (χ3v) is 2.70. The van der Waals surface area contributed by atoms with Crippen LogP contribution in [0.5, 0.6) is 0 Å². The van der Waals surface area contributed by atoms with Gasteiger partial charge in [-0.15, -0.1) is 0 Å². The van der Waals surface area contributed by atoms with Crippen molar-refractivity contribution in [2.24, 2.45) is 0 Å². The van der Waals surface area contributed by atoms with Gasteiger partial charge < -0.3 is 14.3 Å². The number of furan rings is 1. The van der Waals surface area contributed by atoms with Gasteiger partial charge in [0.25, 0.3) is 0 Å². The number of ether oxygens (including phenoxy) is 1. The highest BCUT2D eigenvalue weighted by Crippen LogP contribution is 2.26. The Bertz CT molecular complexity index is 307. The van der Waals surface area contributed by atoms with Crippen molar-refractivity contribution in [2.75, 3.05) is 7.11 Å². The number of aliphatic hydroxyl groups excluding tert-OH is 1. The lowest BCUT2D eigenvalue weighted by Crippen LogP contribution is -2.23. The average molecular weight is 233 g/mol. The molecule has 0 aliphatic carbocycles. The molecule has 0 radical (unpaired) electrons. The molecule has 0 amide bonds. The number of methoxy groups -OCH3 is 1. The van der Waals surface area contributed by atoms with Crippen molar-refractivity contribution in [3.8, 4) is 0 Å². The summed E-state index contributed by atoms with van der Waals surface area (Å²) in [6.07, 6.45) is 0.722. The lowest BCUT2D eigenvalue weighted by Gasteiger charge is -2.23. The van der Waals surface area contributed by atoms with Crippen molar-refractivity contribution >= 4 is 11.6 Å². The molecule has 0 saturated heterocycles. The van der Waals surface area contributed by atoms with Gasteiger partial charge in [-0.1, -0.05) is 0 Å². The summed E-state index contributed by atoms with van der Waals surface area (Å²) in [7, 11) is 1.66. The summed E-state index contributed by atoms with van der Waals surface area (Å²) in [5.74, 6) is 0.506. The van der Waals surface area contributed by atoms with Crippen LogP contribution in [-0.2, 0) is 4.74 Å². The molecule has 0 spiro atoms. The zero-order chi connectivity index (χ0) is 11.5. The average Bonchev–Trinajstić information content (AvgIpc) is 2.61. The Balaban J connectivity index is 2.46. The standard InChI is InChI=1S/C11H17ClO3/c1-11(2,14-3)7-6-8(13)9-4-5-10(12)15-9/h4-5,8,13H,6-7H2,1-3H3. The van der Waals surface area contributed by atoms with Crippen molar-refractivity contribution in [3.63, 3.8) is 0 Å². The Morgan fingerprint density at radius 3 is 2.67 bits per heavy atom. The van der Waals surface area contributed by atoms with Gasteiger partial charge in [0.2, 0.25) is 0 Å². The van der Waals surface area contributed by atoms with Gasteiger partial charge >= 0.3 is 0 Å². The van der Waals surface area contributed by atoms with E-state index in [1.807, 2.05) is 13.8 Å². The van der Waals surface area contributed by atoms with E-state index in [9.17, 15) is 5.11 Å². The van der Waals surface area contributed by atoms with E-state index in [4.69, 9.17) is 20.8 Å². The summed E-state index contributed by atoms with van der Waals surface area (Å²) in [5.41, 5.74) is -0.225. The van der Waals surface area contributed by atoms with E-state index in [0.29, 0.717) is 17.4 Å². The van der Waals surface area contributed by atoms with E-state index in [-0.39, 0.29) is 5.60 Å². The highest BCUT2D eigenvalue weighted by atomic mass is 35.5. The van der Waals surface area contributed by atoms with Crippen LogP contribution in [0.25, 0.3) is 0 Å². The van der Waals surface area contributed by atoms with Crippen LogP contribution in [0.15, 0.2) is 16.5 Å². The molecule has 1 rings (SSSR count). The molecule has 1 unspecified atom stereocenters. The molecule has 0 fully saturated rings.